The van der Waals surface area contributed by atoms with Crippen molar-refractivity contribution in [3.63, 3.8) is 0 Å². The molecule has 0 bridgehead atoms. The summed E-state index contributed by atoms with van der Waals surface area (Å²) in [7, 11) is 0. The number of nitrogens with zero attached hydrogens (tertiary/aromatic N) is 3. The minimum absolute atomic E-state index is 0.243. The lowest BCUT2D eigenvalue weighted by molar-refractivity contribution is -0.119. The average Bonchev–Trinajstić information content (AvgIpc) is 3.10. The number of carbonyl (C=O) groups is 1. The third-order valence-electron chi connectivity index (χ3n) is 4.38. The number of aromatic nitrogens is 2. The molecule has 2 heterocycles. The van der Waals surface area contributed by atoms with E-state index in [0.29, 0.717) is 18.9 Å². The van der Waals surface area contributed by atoms with Crippen LogP contribution in [0.1, 0.15) is 24.2 Å². The molecule has 1 aromatic carbocycles. The van der Waals surface area contributed by atoms with E-state index in [1.165, 1.54) is 23.7 Å². The van der Waals surface area contributed by atoms with Crippen molar-refractivity contribution in [3.8, 4) is 0 Å². The summed E-state index contributed by atoms with van der Waals surface area (Å²) >= 11 is 12.4. The van der Waals surface area contributed by atoms with Gasteiger partial charge in [0, 0.05) is 37.6 Å². The van der Waals surface area contributed by atoms with E-state index in [9.17, 15) is 9.18 Å². The maximum Gasteiger partial charge on any atom is 0.253 e. The summed E-state index contributed by atoms with van der Waals surface area (Å²) in [5.41, 5.74) is 0.988. The lowest BCUT2D eigenvalue weighted by Gasteiger charge is -2.31. The van der Waals surface area contributed by atoms with E-state index in [1.807, 2.05) is 0 Å². The fourth-order valence-electron chi connectivity index (χ4n) is 2.88. The molecule has 1 fully saturated rings. The number of rotatable bonds is 6. The Labute approximate surface area is 165 Å². The summed E-state index contributed by atoms with van der Waals surface area (Å²) in [5, 5.41) is 3.68. The number of benzene rings is 1. The van der Waals surface area contributed by atoms with Gasteiger partial charge in [-0.15, -0.1) is 0 Å². The van der Waals surface area contributed by atoms with Gasteiger partial charge in [0.15, 0.2) is 4.84 Å². The van der Waals surface area contributed by atoms with E-state index < -0.39 is 4.84 Å². The Bertz CT molecular complexity index is 733. The molecule has 1 N–H and O–H groups in total. The molecule has 0 spiro atoms. The summed E-state index contributed by atoms with van der Waals surface area (Å²) in [6.07, 6.45) is 2.52. The van der Waals surface area contributed by atoms with E-state index in [1.54, 1.807) is 12.1 Å². The second kappa shape index (κ2) is 8.97. The van der Waals surface area contributed by atoms with Gasteiger partial charge in [-0.25, -0.2) is 9.37 Å². The quantitative estimate of drug-likeness (QED) is 0.732. The normalized spacial score (nSPS) is 15.5. The Hall–Kier alpha value is -1.44. The maximum absolute atomic E-state index is 13.0. The summed E-state index contributed by atoms with van der Waals surface area (Å²) in [5.74, 6) is 0.577. The third kappa shape index (κ3) is 5.28. The van der Waals surface area contributed by atoms with E-state index in [-0.39, 0.29) is 11.7 Å². The molecule has 1 saturated heterocycles. The van der Waals surface area contributed by atoms with Crippen molar-refractivity contribution < 1.29 is 9.18 Å². The SMILES string of the molecule is O=C(NCC1CCN(c2nc(Cc3ccc(F)cc3)ns2)CC1)C(Cl)Cl. The van der Waals surface area contributed by atoms with Crippen LogP contribution in [0.15, 0.2) is 24.3 Å². The molecule has 0 saturated carbocycles. The van der Waals surface area contributed by atoms with Crippen molar-refractivity contribution in [2.24, 2.45) is 5.92 Å². The molecule has 0 aliphatic carbocycles. The molecule has 140 valence electrons. The number of carbonyl (C=O) groups excluding carboxylic acids is 1. The number of amides is 1. The van der Waals surface area contributed by atoms with Gasteiger partial charge in [0.1, 0.15) is 11.6 Å². The van der Waals surface area contributed by atoms with E-state index in [4.69, 9.17) is 23.2 Å². The molecule has 1 aliphatic heterocycles. The van der Waals surface area contributed by atoms with Crippen LogP contribution in [0.5, 0.6) is 0 Å². The van der Waals surface area contributed by atoms with Gasteiger partial charge >= 0.3 is 0 Å². The Morgan fingerprint density at radius 3 is 2.65 bits per heavy atom. The maximum atomic E-state index is 13.0. The van der Waals surface area contributed by atoms with Crippen molar-refractivity contribution >= 4 is 45.8 Å². The summed E-state index contributed by atoms with van der Waals surface area (Å²) in [4.78, 5) is 17.2. The van der Waals surface area contributed by atoms with Gasteiger partial charge in [-0.2, -0.15) is 4.37 Å². The predicted molar refractivity (Wildman–Crippen MR) is 103 cm³/mol. The predicted octanol–water partition coefficient (Wildman–Crippen LogP) is 3.40. The summed E-state index contributed by atoms with van der Waals surface area (Å²) in [6.45, 7) is 2.34. The highest BCUT2D eigenvalue weighted by molar-refractivity contribution is 7.09. The van der Waals surface area contributed by atoms with Crippen molar-refractivity contribution in [1.29, 1.82) is 0 Å². The highest BCUT2D eigenvalue weighted by Crippen LogP contribution is 2.25. The van der Waals surface area contributed by atoms with Gasteiger partial charge in [-0.3, -0.25) is 4.79 Å². The van der Waals surface area contributed by atoms with Gasteiger partial charge < -0.3 is 10.2 Å². The number of hydrogen-bond donors (Lipinski definition) is 1. The summed E-state index contributed by atoms with van der Waals surface area (Å²) < 4.78 is 17.4. The molecule has 26 heavy (non-hydrogen) atoms. The van der Waals surface area contributed by atoms with Crippen molar-refractivity contribution in [1.82, 2.24) is 14.7 Å². The van der Waals surface area contributed by atoms with Crippen LogP contribution in [0.4, 0.5) is 9.52 Å². The number of halogens is 3. The minimum atomic E-state index is -1.02. The molecule has 1 aromatic heterocycles. The van der Waals surface area contributed by atoms with Crippen LogP contribution in [0.3, 0.4) is 0 Å². The van der Waals surface area contributed by atoms with Crippen LogP contribution in [-0.2, 0) is 11.2 Å². The number of anilines is 1. The van der Waals surface area contributed by atoms with Gasteiger partial charge in [-0.05, 0) is 36.5 Å². The zero-order valence-electron chi connectivity index (χ0n) is 14.0. The van der Waals surface area contributed by atoms with Crippen LogP contribution < -0.4 is 10.2 Å². The zero-order chi connectivity index (χ0) is 18.5. The first-order valence-electron chi connectivity index (χ1n) is 8.39. The lowest BCUT2D eigenvalue weighted by Crippen LogP contribution is -2.39. The number of alkyl halides is 2. The molecule has 3 rings (SSSR count). The fourth-order valence-corrected chi connectivity index (χ4v) is 3.77. The molecule has 5 nitrogen and oxygen atoms in total. The number of nitrogens with one attached hydrogen (secondary N) is 1. The first-order chi connectivity index (χ1) is 12.5. The smallest absolute Gasteiger partial charge is 0.253 e. The molecule has 0 unspecified atom stereocenters. The highest BCUT2D eigenvalue weighted by Gasteiger charge is 2.23. The van der Waals surface area contributed by atoms with Gasteiger partial charge in [0.05, 0.1) is 0 Å². The molecule has 0 atom stereocenters. The lowest BCUT2D eigenvalue weighted by atomic mass is 9.97. The Morgan fingerprint density at radius 2 is 2.00 bits per heavy atom. The fraction of sp³-hybridized carbons (Fsp3) is 0.471. The van der Waals surface area contributed by atoms with E-state index >= 15 is 0 Å². The number of hydrogen-bond acceptors (Lipinski definition) is 5. The second-order valence-corrected chi connectivity index (χ2v) is 8.10. The molecular weight excluding hydrogens is 398 g/mol. The average molecular weight is 417 g/mol. The highest BCUT2D eigenvalue weighted by atomic mass is 35.5. The molecule has 2 aromatic rings. The van der Waals surface area contributed by atoms with Crippen LogP contribution in [-0.4, -0.2) is 39.7 Å². The summed E-state index contributed by atoms with van der Waals surface area (Å²) in [6, 6.07) is 6.40. The van der Waals surface area contributed by atoms with Gasteiger partial charge in [0.2, 0.25) is 5.13 Å². The van der Waals surface area contributed by atoms with Crippen molar-refractivity contribution in [3.05, 3.63) is 41.5 Å². The van der Waals surface area contributed by atoms with Gasteiger partial charge in [-0.1, -0.05) is 35.3 Å². The monoisotopic (exact) mass is 416 g/mol. The second-order valence-electron chi connectivity index (χ2n) is 6.27. The van der Waals surface area contributed by atoms with Crippen molar-refractivity contribution in [2.75, 3.05) is 24.5 Å². The third-order valence-corrected chi connectivity index (χ3v) is 5.59. The number of piperidine rings is 1. The molecule has 1 amide bonds. The zero-order valence-corrected chi connectivity index (χ0v) is 16.3. The Kier molecular flexibility index (Phi) is 6.67. The van der Waals surface area contributed by atoms with Crippen LogP contribution in [0.25, 0.3) is 0 Å². The molecular formula is C17H19Cl2FN4OS. The van der Waals surface area contributed by atoms with Crippen LogP contribution in [0, 0.1) is 11.7 Å². The Balaban J connectivity index is 1.48. The van der Waals surface area contributed by atoms with E-state index in [2.05, 4.69) is 19.6 Å². The van der Waals surface area contributed by atoms with E-state index in [0.717, 1.165) is 42.5 Å². The van der Waals surface area contributed by atoms with Crippen molar-refractivity contribution in [2.45, 2.75) is 24.1 Å². The van der Waals surface area contributed by atoms with Crippen LogP contribution >= 0.6 is 34.7 Å². The first-order valence-corrected chi connectivity index (χ1v) is 10.0. The first kappa shape index (κ1) is 19.3. The molecule has 9 heteroatoms. The van der Waals surface area contributed by atoms with Gasteiger partial charge in [0.25, 0.3) is 5.91 Å². The van der Waals surface area contributed by atoms with Crippen LogP contribution in [0.2, 0.25) is 0 Å². The standard InChI is InChI=1S/C17H19Cl2FN4OS/c18-15(19)16(25)21-10-12-5-7-24(8-6-12)17-22-14(23-26-17)9-11-1-3-13(20)4-2-11/h1-4,12,15H,5-10H2,(H,21,25). The molecule has 1 aliphatic rings. The minimum Gasteiger partial charge on any atom is -0.353 e. The molecule has 0 radical (unpaired) electrons. The largest absolute Gasteiger partial charge is 0.353 e. The Morgan fingerprint density at radius 1 is 1.31 bits per heavy atom. The topological polar surface area (TPSA) is 58.1 Å².